The van der Waals surface area contributed by atoms with Crippen molar-refractivity contribution in [1.29, 1.82) is 0 Å². The zero-order chi connectivity index (χ0) is 14.8. The molecule has 1 aromatic rings. The fourth-order valence-corrected chi connectivity index (χ4v) is 3.60. The van der Waals surface area contributed by atoms with Gasteiger partial charge >= 0.3 is 0 Å². The van der Waals surface area contributed by atoms with Crippen LogP contribution in [0.4, 0.5) is 0 Å². The van der Waals surface area contributed by atoms with E-state index >= 15 is 0 Å². The number of aryl methyl sites for hydroxylation is 2. The summed E-state index contributed by atoms with van der Waals surface area (Å²) < 4.78 is 33.6. The Balaban J connectivity index is 1.95. The molecule has 1 saturated heterocycles. The first-order valence-electron chi connectivity index (χ1n) is 6.80. The second-order valence-electron chi connectivity index (χ2n) is 5.21. The number of rotatable bonds is 5. The molecule has 0 amide bonds. The third-order valence-corrected chi connectivity index (χ3v) is 5.41. The molecule has 0 aromatic carbocycles. The molecule has 114 valence electrons. The number of aromatic nitrogens is 1. The summed E-state index contributed by atoms with van der Waals surface area (Å²) in [6.45, 7) is 5.46. The van der Waals surface area contributed by atoms with Gasteiger partial charge in [-0.3, -0.25) is 0 Å². The van der Waals surface area contributed by atoms with E-state index in [1.807, 2.05) is 0 Å². The highest BCUT2D eigenvalue weighted by Crippen LogP contribution is 2.18. The minimum atomic E-state index is -3.45. The second-order valence-corrected chi connectivity index (χ2v) is 6.96. The van der Waals surface area contributed by atoms with Gasteiger partial charge in [0.1, 0.15) is 5.76 Å². The Morgan fingerprint density at radius 2 is 2.05 bits per heavy atom. The van der Waals surface area contributed by atoms with Gasteiger partial charge in [-0.2, -0.15) is 17.4 Å². The van der Waals surface area contributed by atoms with Crippen molar-refractivity contribution in [1.82, 2.24) is 14.2 Å². The van der Waals surface area contributed by atoms with Gasteiger partial charge in [0.15, 0.2) is 0 Å². The molecule has 7 nitrogen and oxygen atoms in total. The molecule has 0 unspecified atom stereocenters. The number of nitrogens with two attached hydrogens (primary N) is 1. The highest BCUT2D eigenvalue weighted by atomic mass is 32.2. The maximum atomic E-state index is 12.2. The van der Waals surface area contributed by atoms with E-state index in [1.54, 1.807) is 13.8 Å². The quantitative estimate of drug-likeness (QED) is 0.814. The standard InChI is InChI=1S/C12H22N4O3S/c1-9-12(10(2)19-15-9)8-14-20(17,18)16-5-3-11(7-13)4-6-16/h11,14H,3-8,13H2,1-2H3. The Morgan fingerprint density at radius 3 is 2.55 bits per heavy atom. The van der Waals surface area contributed by atoms with Crippen LogP contribution >= 0.6 is 0 Å². The van der Waals surface area contributed by atoms with Crippen LogP contribution in [0.3, 0.4) is 0 Å². The summed E-state index contributed by atoms with van der Waals surface area (Å²) in [5.41, 5.74) is 7.12. The largest absolute Gasteiger partial charge is 0.361 e. The molecule has 0 aliphatic carbocycles. The summed E-state index contributed by atoms with van der Waals surface area (Å²) in [5, 5.41) is 3.81. The zero-order valence-corrected chi connectivity index (χ0v) is 12.7. The van der Waals surface area contributed by atoms with Gasteiger partial charge in [-0.25, -0.2) is 0 Å². The van der Waals surface area contributed by atoms with E-state index in [0.29, 0.717) is 37.0 Å². The predicted octanol–water partition coefficient (Wildman–Crippen LogP) is 0.297. The van der Waals surface area contributed by atoms with Gasteiger partial charge in [0, 0.05) is 25.2 Å². The molecule has 1 fully saturated rings. The third-order valence-electron chi connectivity index (χ3n) is 3.86. The van der Waals surface area contributed by atoms with Crippen molar-refractivity contribution in [3.05, 3.63) is 17.0 Å². The van der Waals surface area contributed by atoms with Crippen LogP contribution in [0.15, 0.2) is 4.52 Å². The Bertz CT molecular complexity index is 528. The number of hydrogen-bond acceptors (Lipinski definition) is 5. The Labute approximate surface area is 119 Å². The Kier molecular flexibility index (Phi) is 4.79. The average molecular weight is 302 g/mol. The first-order valence-corrected chi connectivity index (χ1v) is 8.24. The van der Waals surface area contributed by atoms with Crippen LogP contribution in [0.1, 0.15) is 29.9 Å². The molecular formula is C12H22N4O3S. The lowest BCUT2D eigenvalue weighted by Gasteiger charge is -2.30. The minimum Gasteiger partial charge on any atom is -0.361 e. The summed E-state index contributed by atoms with van der Waals surface area (Å²) in [4.78, 5) is 0. The molecule has 8 heteroatoms. The van der Waals surface area contributed by atoms with Crippen LogP contribution in [-0.4, -0.2) is 37.5 Å². The summed E-state index contributed by atoms with van der Waals surface area (Å²) in [6.07, 6.45) is 1.64. The molecule has 20 heavy (non-hydrogen) atoms. The second kappa shape index (κ2) is 6.21. The van der Waals surface area contributed by atoms with Crippen molar-refractivity contribution in [2.45, 2.75) is 33.2 Å². The van der Waals surface area contributed by atoms with E-state index in [9.17, 15) is 8.42 Å². The smallest absolute Gasteiger partial charge is 0.279 e. The molecule has 2 heterocycles. The lowest BCUT2D eigenvalue weighted by Crippen LogP contribution is -2.45. The van der Waals surface area contributed by atoms with Gasteiger partial charge in [-0.15, -0.1) is 0 Å². The summed E-state index contributed by atoms with van der Waals surface area (Å²) >= 11 is 0. The van der Waals surface area contributed by atoms with Crippen molar-refractivity contribution >= 4 is 10.2 Å². The van der Waals surface area contributed by atoms with E-state index in [-0.39, 0.29) is 6.54 Å². The lowest BCUT2D eigenvalue weighted by atomic mass is 9.99. The van der Waals surface area contributed by atoms with E-state index in [1.165, 1.54) is 4.31 Å². The lowest BCUT2D eigenvalue weighted by molar-refractivity contribution is 0.275. The van der Waals surface area contributed by atoms with Crippen LogP contribution in [0.25, 0.3) is 0 Å². The van der Waals surface area contributed by atoms with Crippen LogP contribution in [-0.2, 0) is 16.8 Å². The van der Waals surface area contributed by atoms with Gasteiger partial charge in [-0.05, 0) is 39.2 Å². The number of nitrogens with one attached hydrogen (secondary N) is 1. The first kappa shape index (κ1) is 15.4. The van der Waals surface area contributed by atoms with Crippen molar-refractivity contribution in [3.8, 4) is 0 Å². The summed E-state index contributed by atoms with van der Waals surface area (Å²) in [5.74, 6) is 1.08. The van der Waals surface area contributed by atoms with E-state index in [4.69, 9.17) is 10.3 Å². The average Bonchev–Trinajstić information content (AvgIpc) is 2.76. The number of hydrogen-bond donors (Lipinski definition) is 2. The molecule has 0 atom stereocenters. The normalized spacial score (nSPS) is 18.6. The van der Waals surface area contributed by atoms with Gasteiger partial charge in [-0.1, -0.05) is 5.16 Å². The van der Waals surface area contributed by atoms with Gasteiger partial charge in [0.05, 0.1) is 5.69 Å². The molecule has 0 spiro atoms. The third kappa shape index (κ3) is 3.38. The van der Waals surface area contributed by atoms with Gasteiger partial charge in [0.2, 0.25) is 0 Å². The molecular weight excluding hydrogens is 280 g/mol. The molecule has 1 aliphatic rings. The fraction of sp³-hybridized carbons (Fsp3) is 0.750. The number of piperidine rings is 1. The fourth-order valence-electron chi connectivity index (χ4n) is 2.39. The van der Waals surface area contributed by atoms with Crippen molar-refractivity contribution in [2.75, 3.05) is 19.6 Å². The van der Waals surface area contributed by atoms with Crippen LogP contribution in [0.5, 0.6) is 0 Å². The maximum absolute atomic E-state index is 12.2. The predicted molar refractivity (Wildman–Crippen MR) is 75.1 cm³/mol. The first-order chi connectivity index (χ1) is 9.44. The van der Waals surface area contributed by atoms with E-state index < -0.39 is 10.2 Å². The maximum Gasteiger partial charge on any atom is 0.279 e. The Morgan fingerprint density at radius 1 is 1.40 bits per heavy atom. The van der Waals surface area contributed by atoms with E-state index in [0.717, 1.165) is 18.4 Å². The van der Waals surface area contributed by atoms with Crippen molar-refractivity contribution in [2.24, 2.45) is 11.7 Å². The topological polar surface area (TPSA) is 101 Å². The van der Waals surface area contributed by atoms with Crippen LogP contribution in [0, 0.1) is 19.8 Å². The highest BCUT2D eigenvalue weighted by Gasteiger charge is 2.27. The SMILES string of the molecule is Cc1noc(C)c1CNS(=O)(=O)N1CCC(CN)CC1. The van der Waals surface area contributed by atoms with Gasteiger partial charge in [0.25, 0.3) is 10.2 Å². The number of nitrogens with zero attached hydrogens (tertiary/aromatic N) is 2. The molecule has 1 aromatic heterocycles. The minimum absolute atomic E-state index is 0.209. The summed E-state index contributed by atoms with van der Waals surface area (Å²) in [6, 6.07) is 0. The van der Waals surface area contributed by atoms with Crippen molar-refractivity contribution in [3.63, 3.8) is 0 Å². The molecule has 1 aliphatic heterocycles. The highest BCUT2D eigenvalue weighted by molar-refractivity contribution is 7.87. The molecule has 0 bridgehead atoms. The van der Waals surface area contributed by atoms with E-state index in [2.05, 4.69) is 9.88 Å². The molecule has 0 radical (unpaired) electrons. The van der Waals surface area contributed by atoms with Crippen LogP contribution in [0.2, 0.25) is 0 Å². The summed E-state index contributed by atoms with van der Waals surface area (Å²) in [7, 11) is -3.45. The Hall–Kier alpha value is -0.960. The van der Waals surface area contributed by atoms with Gasteiger partial charge < -0.3 is 10.3 Å². The van der Waals surface area contributed by atoms with Crippen molar-refractivity contribution < 1.29 is 12.9 Å². The van der Waals surface area contributed by atoms with Crippen LogP contribution < -0.4 is 10.5 Å². The molecule has 2 rings (SSSR count). The zero-order valence-electron chi connectivity index (χ0n) is 11.9. The molecule has 0 saturated carbocycles. The molecule has 3 N–H and O–H groups in total. The monoisotopic (exact) mass is 302 g/mol.